The fraction of sp³-hybridized carbons (Fsp3) is 0.533. The van der Waals surface area contributed by atoms with Crippen LogP contribution in [0.15, 0.2) is 11.4 Å². The number of aromatic nitrogens is 1. The summed E-state index contributed by atoms with van der Waals surface area (Å²) in [5.74, 6) is 0.874. The Morgan fingerprint density at radius 1 is 1.43 bits per heavy atom. The van der Waals surface area contributed by atoms with Crippen LogP contribution >= 0.6 is 11.3 Å². The minimum atomic E-state index is -0.709. The Labute approximate surface area is 128 Å². The summed E-state index contributed by atoms with van der Waals surface area (Å²) in [4.78, 5) is 7.69. The number of hydrogen-bond acceptors (Lipinski definition) is 6. The third-order valence-corrected chi connectivity index (χ3v) is 4.92. The Morgan fingerprint density at radius 3 is 2.95 bits per heavy atom. The number of nitrogens with two attached hydrogens (primary N) is 1. The first-order valence-corrected chi connectivity index (χ1v) is 8.25. The van der Waals surface area contributed by atoms with E-state index in [9.17, 15) is 10.2 Å². The minimum Gasteiger partial charge on any atom is -0.397 e. The predicted molar refractivity (Wildman–Crippen MR) is 86.9 cm³/mol. The molecule has 3 rings (SSSR count). The molecule has 2 aromatic rings. The standard InChI is InChI=1S/C15H21N3O2S/c1-2-3-9-6-13(17-15-14(9)10(16)8-21-15)18-5-4-11(19)12(20)7-18/h6,8,11-12,19-20H,2-5,7,16H2,1H3/t11?,12-/m0/s1. The lowest BCUT2D eigenvalue weighted by Crippen LogP contribution is -2.47. The molecule has 4 N–H and O–H groups in total. The second kappa shape index (κ2) is 5.79. The molecule has 0 aliphatic carbocycles. The highest BCUT2D eigenvalue weighted by Crippen LogP contribution is 2.33. The molecule has 0 radical (unpaired) electrons. The van der Waals surface area contributed by atoms with E-state index in [-0.39, 0.29) is 0 Å². The fourth-order valence-corrected chi connectivity index (χ4v) is 3.76. The number of aliphatic hydroxyl groups excluding tert-OH is 2. The minimum absolute atomic E-state index is 0.423. The van der Waals surface area contributed by atoms with Crippen LogP contribution in [-0.2, 0) is 6.42 Å². The van der Waals surface area contributed by atoms with Gasteiger partial charge in [0, 0.05) is 23.9 Å². The number of β-amino-alcohol motifs (C(OH)–C–C–N with tert-alkyl or cyclic N) is 1. The number of anilines is 2. The van der Waals surface area contributed by atoms with Crippen LogP contribution in [0.3, 0.4) is 0 Å². The first-order valence-electron chi connectivity index (χ1n) is 7.37. The quantitative estimate of drug-likeness (QED) is 0.805. The Bertz CT molecular complexity index is 643. The monoisotopic (exact) mass is 307 g/mol. The maximum Gasteiger partial charge on any atom is 0.130 e. The number of piperidine rings is 1. The summed E-state index contributed by atoms with van der Waals surface area (Å²) >= 11 is 1.56. The summed E-state index contributed by atoms with van der Waals surface area (Å²) in [7, 11) is 0. The predicted octanol–water partition coefficient (Wildman–Crippen LogP) is 1.76. The van der Waals surface area contributed by atoms with Gasteiger partial charge in [-0.05, 0) is 24.5 Å². The van der Waals surface area contributed by atoms with E-state index in [1.54, 1.807) is 11.3 Å². The van der Waals surface area contributed by atoms with Crippen molar-refractivity contribution in [3.63, 3.8) is 0 Å². The first-order chi connectivity index (χ1) is 10.1. The van der Waals surface area contributed by atoms with Crippen LogP contribution in [0.1, 0.15) is 25.3 Å². The summed E-state index contributed by atoms with van der Waals surface area (Å²) in [5.41, 5.74) is 8.08. The molecule has 1 fully saturated rings. The van der Waals surface area contributed by atoms with E-state index in [2.05, 4.69) is 13.0 Å². The highest BCUT2D eigenvalue weighted by atomic mass is 32.1. The molecule has 0 aromatic carbocycles. The molecule has 1 unspecified atom stereocenters. The van der Waals surface area contributed by atoms with Crippen molar-refractivity contribution in [2.24, 2.45) is 0 Å². The lowest BCUT2D eigenvalue weighted by atomic mass is 10.0. The molecule has 2 aromatic heterocycles. The van der Waals surface area contributed by atoms with Gasteiger partial charge in [0.25, 0.3) is 0 Å². The zero-order chi connectivity index (χ0) is 15.0. The summed E-state index contributed by atoms with van der Waals surface area (Å²) in [6.07, 6.45) is 1.24. The van der Waals surface area contributed by atoms with Crippen LogP contribution in [0.25, 0.3) is 10.2 Å². The molecule has 5 nitrogen and oxygen atoms in total. The molecule has 0 amide bonds. The molecule has 0 saturated carbocycles. The number of nitrogen functional groups attached to an aromatic ring is 1. The average molecular weight is 307 g/mol. The lowest BCUT2D eigenvalue weighted by molar-refractivity contribution is 0.00787. The van der Waals surface area contributed by atoms with Crippen molar-refractivity contribution < 1.29 is 10.2 Å². The molecule has 0 bridgehead atoms. The van der Waals surface area contributed by atoms with E-state index in [0.29, 0.717) is 19.5 Å². The Hall–Kier alpha value is -1.37. The second-order valence-electron chi connectivity index (χ2n) is 5.63. The van der Waals surface area contributed by atoms with Crippen molar-refractivity contribution >= 4 is 33.1 Å². The van der Waals surface area contributed by atoms with E-state index in [1.807, 2.05) is 10.3 Å². The maximum atomic E-state index is 9.86. The first kappa shape index (κ1) is 14.6. The number of aliphatic hydroxyl groups is 2. The van der Waals surface area contributed by atoms with Gasteiger partial charge in [0.05, 0.1) is 17.9 Å². The van der Waals surface area contributed by atoms with Crippen molar-refractivity contribution in [3.05, 3.63) is 17.0 Å². The van der Waals surface area contributed by atoms with Gasteiger partial charge in [-0.1, -0.05) is 13.3 Å². The smallest absolute Gasteiger partial charge is 0.130 e. The normalized spacial score (nSPS) is 22.9. The van der Waals surface area contributed by atoms with E-state index in [4.69, 9.17) is 10.7 Å². The molecule has 2 atom stereocenters. The Morgan fingerprint density at radius 2 is 2.24 bits per heavy atom. The van der Waals surface area contributed by atoms with Gasteiger partial charge in [0.2, 0.25) is 0 Å². The van der Waals surface area contributed by atoms with Crippen molar-refractivity contribution in [1.29, 1.82) is 0 Å². The van der Waals surface area contributed by atoms with Crippen LogP contribution in [0, 0.1) is 0 Å². The van der Waals surface area contributed by atoms with Gasteiger partial charge < -0.3 is 20.8 Å². The number of pyridine rings is 1. The third kappa shape index (κ3) is 2.71. The summed E-state index contributed by atoms with van der Waals surface area (Å²) < 4.78 is 0. The van der Waals surface area contributed by atoms with Gasteiger partial charge in [-0.25, -0.2) is 4.98 Å². The van der Waals surface area contributed by atoms with Gasteiger partial charge in [0.15, 0.2) is 0 Å². The van der Waals surface area contributed by atoms with Gasteiger partial charge in [-0.3, -0.25) is 0 Å². The van der Waals surface area contributed by atoms with Gasteiger partial charge in [0.1, 0.15) is 10.6 Å². The van der Waals surface area contributed by atoms with Crippen LogP contribution in [0.5, 0.6) is 0 Å². The number of rotatable bonds is 3. The molecule has 6 heteroatoms. The SMILES string of the molecule is CCCc1cc(N2CCC(O)[C@@H](O)C2)nc2scc(N)c12. The highest BCUT2D eigenvalue weighted by molar-refractivity contribution is 7.17. The summed E-state index contributed by atoms with van der Waals surface area (Å²) in [6, 6.07) is 2.08. The van der Waals surface area contributed by atoms with Crippen molar-refractivity contribution in [2.75, 3.05) is 23.7 Å². The molecular weight excluding hydrogens is 286 g/mol. The van der Waals surface area contributed by atoms with E-state index >= 15 is 0 Å². The Kier molecular flexibility index (Phi) is 4.01. The topological polar surface area (TPSA) is 82.6 Å². The van der Waals surface area contributed by atoms with E-state index < -0.39 is 12.2 Å². The van der Waals surface area contributed by atoms with Gasteiger partial charge in [-0.15, -0.1) is 11.3 Å². The average Bonchev–Trinajstić information content (AvgIpc) is 2.84. The molecule has 3 heterocycles. The van der Waals surface area contributed by atoms with Gasteiger partial charge in [-0.2, -0.15) is 0 Å². The number of thiophene rings is 1. The maximum absolute atomic E-state index is 9.86. The largest absolute Gasteiger partial charge is 0.397 e. The molecule has 1 aliphatic heterocycles. The van der Waals surface area contributed by atoms with Crippen LogP contribution < -0.4 is 10.6 Å². The summed E-state index contributed by atoms with van der Waals surface area (Å²) in [5, 5.41) is 22.5. The van der Waals surface area contributed by atoms with Crippen molar-refractivity contribution in [1.82, 2.24) is 4.98 Å². The lowest BCUT2D eigenvalue weighted by Gasteiger charge is -2.34. The van der Waals surface area contributed by atoms with Crippen LogP contribution in [0.4, 0.5) is 11.5 Å². The van der Waals surface area contributed by atoms with E-state index in [1.165, 1.54) is 5.56 Å². The van der Waals surface area contributed by atoms with Crippen LogP contribution in [-0.4, -0.2) is 40.5 Å². The zero-order valence-electron chi connectivity index (χ0n) is 12.1. The highest BCUT2D eigenvalue weighted by Gasteiger charge is 2.27. The van der Waals surface area contributed by atoms with Crippen molar-refractivity contribution in [3.8, 4) is 0 Å². The van der Waals surface area contributed by atoms with Crippen molar-refractivity contribution in [2.45, 2.75) is 38.4 Å². The number of aryl methyl sites for hydroxylation is 1. The molecule has 0 spiro atoms. The third-order valence-electron chi connectivity index (χ3n) is 4.03. The number of nitrogens with zero attached hydrogens (tertiary/aromatic N) is 2. The zero-order valence-corrected chi connectivity index (χ0v) is 12.9. The molecular formula is C15H21N3O2S. The molecule has 114 valence electrons. The molecule has 1 saturated heterocycles. The number of hydrogen-bond donors (Lipinski definition) is 3. The molecule has 1 aliphatic rings. The Balaban J connectivity index is 1.99. The second-order valence-corrected chi connectivity index (χ2v) is 6.49. The summed E-state index contributed by atoms with van der Waals surface area (Å²) in [6.45, 7) is 3.28. The van der Waals surface area contributed by atoms with E-state index in [0.717, 1.165) is 34.6 Å². The van der Waals surface area contributed by atoms with Crippen LogP contribution in [0.2, 0.25) is 0 Å². The number of fused-ring (bicyclic) bond motifs is 1. The fourth-order valence-electron chi connectivity index (χ4n) is 2.89. The molecule has 21 heavy (non-hydrogen) atoms. The van der Waals surface area contributed by atoms with Gasteiger partial charge >= 0.3 is 0 Å².